The quantitative estimate of drug-likeness (QED) is 0.553. The molecule has 1 heterocycles. The summed E-state index contributed by atoms with van der Waals surface area (Å²) in [5, 5.41) is 10.7. The molecule has 0 bridgehead atoms. The molecule has 150 valence electrons. The highest BCUT2D eigenvalue weighted by Crippen LogP contribution is 2.32. The summed E-state index contributed by atoms with van der Waals surface area (Å²) in [5.74, 6) is 1.33. The van der Waals surface area contributed by atoms with Gasteiger partial charge < -0.3 is 15.2 Å². The van der Waals surface area contributed by atoms with Gasteiger partial charge >= 0.3 is 0 Å². The summed E-state index contributed by atoms with van der Waals surface area (Å²) in [4.78, 5) is 12.7. The van der Waals surface area contributed by atoms with Crippen LogP contribution in [0, 0.1) is 15.5 Å². The van der Waals surface area contributed by atoms with Crippen molar-refractivity contribution in [1.82, 2.24) is 4.90 Å². The van der Waals surface area contributed by atoms with E-state index in [0.717, 1.165) is 31.6 Å². The van der Waals surface area contributed by atoms with Gasteiger partial charge in [-0.15, -0.1) is 0 Å². The van der Waals surface area contributed by atoms with Crippen molar-refractivity contribution >= 4 is 5.69 Å². The van der Waals surface area contributed by atoms with E-state index in [1.165, 1.54) is 17.7 Å². The number of hydrogen-bond acceptors (Lipinski definition) is 6. The second-order valence-corrected chi connectivity index (χ2v) is 7.67. The van der Waals surface area contributed by atoms with Gasteiger partial charge in [0.05, 0.1) is 12.0 Å². The molecule has 0 aliphatic carbocycles. The molecule has 1 aliphatic rings. The Morgan fingerprint density at radius 3 is 2.50 bits per heavy atom. The number of non-ortho nitro benzene ring substituents is 1. The minimum absolute atomic E-state index is 0.0679. The van der Waals surface area contributed by atoms with Crippen LogP contribution < -0.4 is 15.2 Å². The van der Waals surface area contributed by atoms with E-state index < -0.39 is 4.92 Å². The van der Waals surface area contributed by atoms with E-state index in [2.05, 4.69) is 11.8 Å². The lowest BCUT2D eigenvalue weighted by atomic mass is 9.90. The third-order valence-corrected chi connectivity index (χ3v) is 5.31. The van der Waals surface area contributed by atoms with Gasteiger partial charge in [-0.1, -0.05) is 13.0 Å². The Balaban J connectivity index is 1.62. The molecule has 0 aromatic heterocycles. The summed E-state index contributed by atoms with van der Waals surface area (Å²) in [7, 11) is 1.62. The Kier molecular flexibility index (Phi) is 6.16. The first kappa shape index (κ1) is 20.1. The Hall–Kier alpha value is -2.64. The van der Waals surface area contributed by atoms with Crippen molar-refractivity contribution in [1.29, 1.82) is 0 Å². The zero-order valence-electron chi connectivity index (χ0n) is 16.4. The van der Waals surface area contributed by atoms with Crippen LogP contribution in [0.1, 0.15) is 24.5 Å². The van der Waals surface area contributed by atoms with Gasteiger partial charge in [0.25, 0.3) is 5.69 Å². The molecule has 1 atom stereocenters. The lowest BCUT2D eigenvalue weighted by Crippen LogP contribution is -2.31. The molecule has 1 unspecified atom stereocenters. The first-order chi connectivity index (χ1) is 13.4. The van der Waals surface area contributed by atoms with Crippen LogP contribution in [0.4, 0.5) is 5.69 Å². The highest BCUT2D eigenvalue weighted by molar-refractivity contribution is 5.43. The zero-order valence-corrected chi connectivity index (χ0v) is 16.4. The molecular weight excluding hydrogens is 358 g/mol. The third kappa shape index (κ3) is 4.79. The van der Waals surface area contributed by atoms with Gasteiger partial charge in [-0.3, -0.25) is 15.0 Å². The maximum absolute atomic E-state index is 10.7. The Morgan fingerprint density at radius 1 is 1.18 bits per heavy atom. The second-order valence-electron chi connectivity index (χ2n) is 7.67. The van der Waals surface area contributed by atoms with E-state index in [4.69, 9.17) is 15.2 Å². The maximum Gasteiger partial charge on any atom is 0.269 e. The Bertz CT molecular complexity index is 825. The number of rotatable bonds is 8. The molecule has 0 saturated carbocycles. The van der Waals surface area contributed by atoms with Gasteiger partial charge in [-0.2, -0.15) is 0 Å². The van der Waals surface area contributed by atoms with E-state index in [0.29, 0.717) is 24.7 Å². The monoisotopic (exact) mass is 385 g/mol. The van der Waals surface area contributed by atoms with E-state index in [-0.39, 0.29) is 11.1 Å². The van der Waals surface area contributed by atoms with Crippen LogP contribution in [-0.4, -0.2) is 36.6 Å². The third-order valence-electron chi connectivity index (χ3n) is 5.31. The van der Waals surface area contributed by atoms with Gasteiger partial charge in [0.15, 0.2) is 11.5 Å². The van der Waals surface area contributed by atoms with Crippen molar-refractivity contribution in [2.75, 3.05) is 26.7 Å². The molecule has 2 aromatic carbocycles. The van der Waals surface area contributed by atoms with Crippen molar-refractivity contribution in [2.24, 2.45) is 11.1 Å². The predicted octanol–water partition coefficient (Wildman–Crippen LogP) is 3.35. The number of benzene rings is 2. The minimum Gasteiger partial charge on any atom is -0.493 e. The largest absolute Gasteiger partial charge is 0.493 e. The van der Waals surface area contributed by atoms with E-state index >= 15 is 0 Å². The van der Waals surface area contributed by atoms with Crippen molar-refractivity contribution in [3.05, 3.63) is 63.7 Å². The summed E-state index contributed by atoms with van der Waals surface area (Å²) in [6.45, 7) is 6.17. The molecule has 2 N–H and O–H groups in total. The summed E-state index contributed by atoms with van der Waals surface area (Å²) >= 11 is 0. The topological polar surface area (TPSA) is 90.9 Å². The molecule has 1 fully saturated rings. The molecule has 0 amide bonds. The fourth-order valence-electron chi connectivity index (χ4n) is 3.49. The molecule has 0 radical (unpaired) electrons. The van der Waals surface area contributed by atoms with E-state index in [1.54, 1.807) is 19.2 Å². The van der Waals surface area contributed by atoms with Gasteiger partial charge in [-0.25, -0.2) is 0 Å². The number of nitro groups is 1. The van der Waals surface area contributed by atoms with Crippen LogP contribution in [-0.2, 0) is 13.2 Å². The molecule has 28 heavy (non-hydrogen) atoms. The molecule has 7 nitrogen and oxygen atoms in total. The highest BCUT2D eigenvalue weighted by atomic mass is 16.6. The number of ether oxygens (including phenoxy) is 2. The second kappa shape index (κ2) is 8.58. The number of nitrogens with zero attached hydrogens (tertiary/aromatic N) is 2. The summed E-state index contributed by atoms with van der Waals surface area (Å²) in [5.41, 5.74) is 8.19. The maximum atomic E-state index is 10.7. The standard InChI is InChI=1S/C21H27N3O4/c1-21(14-22)9-10-23(15-21)12-17-5-8-19(20(11-17)27-2)28-13-16-3-6-18(7-4-16)24(25)26/h3-8,11H,9-10,12-15,22H2,1-2H3. The molecule has 1 aliphatic heterocycles. The smallest absolute Gasteiger partial charge is 0.269 e. The minimum atomic E-state index is -0.414. The Morgan fingerprint density at radius 2 is 1.89 bits per heavy atom. The van der Waals surface area contributed by atoms with Gasteiger partial charge in [0.2, 0.25) is 0 Å². The number of likely N-dealkylation sites (tertiary alicyclic amines) is 1. The zero-order chi connectivity index (χ0) is 20.1. The Labute approximate surface area is 165 Å². The summed E-state index contributed by atoms with van der Waals surface area (Å²) < 4.78 is 11.4. The van der Waals surface area contributed by atoms with Crippen LogP contribution in [0.2, 0.25) is 0 Å². The molecular formula is C21H27N3O4. The van der Waals surface area contributed by atoms with Crippen LogP contribution in [0.3, 0.4) is 0 Å². The number of methoxy groups -OCH3 is 1. The lowest BCUT2D eigenvalue weighted by Gasteiger charge is -2.23. The first-order valence-corrected chi connectivity index (χ1v) is 9.38. The van der Waals surface area contributed by atoms with Crippen molar-refractivity contribution in [3.8, 4) is 11.5 Å². The van der Waals surface area contributed by atoms with Gasteiger partial charge in [-0.05, 0) is 60.3 Å². The van der Waals surface area contributed by atoms with Gasteiger partial charge in [0, 0.05) is 25.2 Å². The molecule has 7 heteroatoms. The lowest BCUT2D eigenvalue weighted by molar-refractivity contribution is -0.384. The van der Waals surface area contributed by atoms with Crippen molar-refractivity contribution in [2.45, 2.75) is 26.5 Å². The molecule has 2 aromatic rings. The number of hydrogen-bond donors (Lipinski definition) is 1. The number of nitrogens with two attached hydrogens (primary N) is 1. The van der Waals surface area contributed by atoms with Crippen LogP contribution in [0.15, 0.2) is 42.5 Å². The predicted molar refractivity (Wildman–Crippen MR) is 107 cm³/mol. The molecule has 1 saturated heterocycles. The normalized spacial score (nSPS) is 19.5. The summed E-state index contributed by atoms with van der Waals surface area (Å²) in [6, 6.07) is 12.3. The SMILES string of the molecule is COc1cc(CN2CCC(C)(CN)C2)ccc1OCc1ccc([N+](=O)[O-])cc1. The van der Waals surface area contributed by atoms with Crippen molar-refractivity contribution in [3.63, 3.8) is 0 Å². The molecule has 3 rings (SSSR count). The highest BCUT2D eigenvalue weighted by Gasteiger charge is 2.32. The fraction of sp³-hybridized carbons (Fsp3) is 0.429. The average Bonchev–Trinajstić information content (AvgIpc) is 3.08. The van der Waals surface area contributed by atoms with Crippen LogP contribution in [0.5, 0.6) is 11.5 Å². The van der Waals surface area contributed by atoms with Crippen molar-refractivity contribution < 1.29 is 14.4 Å². The van der Waals surface area contributed by atoms with E-state index in [1.807, 2.05) is 18.2 Å². The van der Waals surface area contributed by atoms with Crippen LogP contribution >= 0.6 is 0 Å². The van der Waals surface area contributed by atoms with E-state index in [9.17, 15) is 10.1 Å². The van der Waals surface area contributed by atoms with Gasteiger partial charge in [0.1, 0.15) is 6.61 Å². The average molecular weight is 385 g/mol. The number of nitro benzene ring substituents is 1. The first-order valence-electron chi connectivity index (χ1n) is 9.38. The summed E-state index contributed by atoms with van der Waals surface area (Å²) in [6.07, 6.45) is 1.12. The fourth-order valence-corrected chi connectivity index (χ4v) is 3.49. The molecule has 0 spiro atoms. The van der Waals surface area contributed by atoms with Crippen LogP contribution in [0.25, 0.3) is 0 Å².